The van der Waals surface area contributed by atoms with Crippen molar-refractivity contribution in [2.75, 3.05) is 11.9 Å². The fraction of sp³-hybridized carbons (Fsp3) is 0.111. The van der Waals surface area contributed by atoms with Crippen LogP contribution in [-0.4, -0.2) is 6.54 Å². The number of halogens is 1. The smallest absolute Gasteiger partial charge is 0.0438 e. The Morgan fingerprint density at radius 2 is 2.55 bits per heavy atom. The van der Waals surface area contributed by atoms with Gasteiger partial charge in [-0.3, -0.25) is 0 Å². The van der Waals surface area contributed by atoms with Crippen LogP contribution < -0.4 is 5.32 Å². The molecule has 0 aliphatic carbocycles. The van der Waals surface area contributed by atoms with Gasteiger partial charge in [-0.2, -0.15) is 0 Å². The molecule has 0 saturated heterocycles. The second kappa shape index (κ2) is 4.04. The topological polar surface area (TPSA) is 12.0 Å². The fourth-order valence-corrected chi connectivity index (χ4v) is 0.895. The lowest BCUT2D eigenvalue weighted by atomic mass is 10.3. The summed E-state index contributed by atoms with van der Waals surface area (Å²) >= 11 is 5.74. The highest BCUT2D eigenvalue weighted by molar-refractivity contribution is 6.30. The van der Waals surface area contributed by atoms with Crippen molar-refractivity contribution in [1.82, 2.24) is 0 Å². The van der Waals surface area contributed by atoms with Gasteiger partial charge in [0.1, 0.15) is 0 Å². The molecule has 0 fully saturated rings. The van der Waals surface area contributed by atoms with Crippen molar-refractivity contribution >= 4 is 17.3 Å². The number of nitrogens with one attached hydrogen (secondary N) is 1. The molecule has 2 heteroatoms. The van der Waals surface area contributed by atoms with Gasteiger partial charge in [0.25, 0.3) is 0 Å². The van der Waals surface area contributed by atoms with E-state index in [9.17, 15) is 0 Å². The summed E-state index contributed by atoms with van der Waals surface area (Å²) in [6.07, 6.45) is 1.79. The van der Waals surface area contributed by atoms with Crippen LogP contribution in [0.15, 0.2) is 30.9 Å². The zero-order valence-corrected chi connectivity index (χ0v) is 6.86. The Bertz CT molecular complexity index is 245. The third kappa shape index (κ3) is 2.64. The van der Waals surface area contributed by atoms with Crippen LogP contribution in [0.1, 0.15) is 0 Å². The summed E-state index contributed by atoms with van der Waals surface area (Å²) in [6.45, 7) is 4.32. The Balaban J connectivity index is 2.63. The minimum absolute atomic E-state index is 0.718. The first-order valence-electron chi connectivity index (χ1n) is 3.35. The molecule has 0 heterocycles. The lowest BCUT2D eigenvalue weighted by Gasteiger charge is -2.01. The summed E-state index contributed by atoms with van der Waals surface area (Å²) in [5.74, 6) is 0. The molecule has 1 radical (unpaired) electrons. The molecule has 1 nitrogen and oxygen atoms in total. The summed E-state index contributed by atoms with van der Waals surface area (Å²) in [5.41, 5.74) is 0.900. The average Bonchev–Trinajstić information content (AvgIpc) is 2.01. The minimum Gasteiger partial charge on any atom is -0.381 e. The van der Waals surface area contributed by atoms with E-state index in [1.807, 2.05) is 6.07 Å². The molecule has 1 aromatic rings. The number of benzene rings is 1. The molecule has 0 amide bonds. The summed E-state index contributed by atoms with van der Waals surface area (Å²) in [4.78, 5) is 0. The standard InChI is InChI=1S/C9H9ClN/c1-2-6-11-9-5-3-4-8(10)7-9/h2-4,7,11H,1,6H2. The van der Waals surface area contributed by atoms with Gasteiger partial charge in [-0.15, -0.1) is 6.58 Å². The predicted octanol–water partition coefficient (Wildman–Crippen LogP) is 2.74. The number of hydrogen-bond donors (Lipinski definition) is 1. The highest BCUT2D eigenvalue weighted by Crippen LogP contribution is 2.13. The van der Waals surface area contributed by atoms with Gasteiger partial charge in [0.05, 0.1) is 0 Å². The fourth-order valence-electron chi connectivity index (χ4n) is 0.723. The van der Waals surface area contributed by atoms with Gasteiger partial charge in [0.15, 0.2) is 0 Å². The summed E-state index contributed by atoms with van der Waals surface area (Å²) in [7, 11) is 0. The molecule has 0 aliphatic heterocycles. The van der Waals surface area contributed by atoms with E-state index in [0.29, 0.717) is 0 Å². The lowest BCUT2D eigenvalue weighted by Crippen LogP contribution is -1.96. The van der Waals surface area contributed by atoms with E-state index in [1.165, 1.54) is 0 Å². The van der Waals surface area contributed by atoms with Crippen LogP contribution in [0, 0.1) is 6.07 Å². The van der Waals surface area contributed by atoms with E-state index < -0.39 is 0 Å². The second-order valence-electron chi connectivity index (χ2n) is 2.09. The Labute approximate surface area is 71.7 Å². The van der Waals surface area contributed by atoms with Gasteiger partial charge in [-0.25, -0.2) is 0 Å². The minimum atomic E-state index is 0.718. The van der Waals surface area contributed by atoms with Crippen LogP contribution in [0.5, 0.6) is 0 Å². The maximum atomic E-state index is 5.74. The molecular weight excluding hydrogens is 158 g/mol. The first-order valence-corrected chi connectivity index (χ1v) is 3.73. The van der Waals surface area contributed by atoms with Crippen LogP contribution >= 0.6 is 11.6 Å². The molecule has 11 heavy (non-hydrogen) atoms. The summed E-state index contributed by atoms with van der Waals surface area (Å²) in [6, 6.07) is 8.40. The monoisotopic (exact) mass is 166 g/mol. The molecule has 57 valence electrons. The van der Waals surface area contributed by atoms with Gasteiger partial charge in [-0.05, 0) is 12.1 Å². The van der Waals surface area contributed by atoms with E-state index in [1.54, 1.807) is 18.2 Å². The number of hydrogen-bond acceptors (Lipinski definition) is 1. The first-order chi connectivity index (χ1) is 5.33. The van der Waals surface area contributed by atoms with E-state index >= 15 is 0 Å². The number of anilines is 1. The number of rotatable bonds is 3. The van der Waals surface area contributed by atoms with Crippen LogP contribution in [0.25, 0.3) is 0 Å². The molecule has 1 N–H and O–H groups in total. The van der Waals surface area contributed by atoms with E-state index in [2.05, 4.69) is 18.0 Å². The second-order valence-corrected chi connectivity index (χ2v) is 2.53. The maximum absolute atomic E-state index is 5.74. The Kier molecular flexibility index (Phi) is 2.99. The Hall–Kier alpha value is -0.950. The molecule has 0 aromatic heterocycles. The highest BCUT2D eigenvalue weighted by atomic mass is 35.5. The zero-order valence-electron chi connectivity index (χ0n) is 6.10. The zero-order chi connectivity index (χ0) is 8.10. The normalized spacial score (nSPS) is 9.18. The van der Waals surface area contributed by atoms with Gasteiger partial charge in [0.2, 0.25) is 0 Å². The van der Waals surface area contributed by atoms with E-state index in [4.69, 9.17) is 11.6 Å². The van der Waals surface area contributed by atoms with E-state index in [0.717, 1.165) is 17.3 Å². The third-order valence-electron chi connectivity index (χ3n) is 1.20. The predicted molar refractivity (Wildman–Crippen MR) is 49.0 cm³/mol. The van der Waals surface area contributed by atoms with Crippen molar-refractivity contribution in [3.05, 3.63) is 41.9 Å². The van der Waals surface area contributed by atoms with Gasteiger partial charge < -0.3 is 5.32 Å². The van der Waals surface area contributed by atoms with Crippen molar-refractivity contribution in [3.63, 3.8) is 0 Å². The van der Waals surface area contributed by atoms with Crippen LogP contribution in [0.3, 0.4) is 0 Å². The van der Waals surface area contributed by atoms with E-state index in [-0.39, 0.29) is 0 Å². The van der Waals surface area contributed by atoms with Gasteiger partial charge in [-0.1, -0.05) is 23.7 Å². The quantitative estimate of drug-likeness (QED) is 0.681. The molecule has 0 bridgehead atoms. The van der Waals surface area contributed by atoms with Crippen molar-refractivity contribution in [2.45, 2.75) is 0 Å². The lowest BCUT2D eigenvalue weighted by molar-refractivity contribution is 1.34. The van der Waals surface area contributed by atoms with Crippen molar-refractivity contribution in [1.29, 1.82) is 0 Å². The molecule has 0 aliphatic rings. The van der Waals surface area contributed by atoms with Crippen LogP contribution in [0.4, 0.5) is 5.69 Å². The van der Waals surface area contributed by atoms with Gasteiger partial charge >= 0.3 is 0 Å². The molecule has 0 spiro atoms. The third-order valence-corrected chi connectivity index (χ3v) is 1.44. The Morgan fingerprint density at radius 3 is 3.18 bits per heavy atom. The SMILES string of the molecule is C=CCNc1[c]ccc(Cl)c1. The van der Waals surface area contributed by atoms with Crippen molar-refractivity contribution < 1.29 is 0 Å². The van der Waals surface area contributed by atoms with Crippen LogP contribution in [-0.2, 0) is 0 Å². The Morgan fingerprint density at radius 1 is 1.73 bits per heavy atom. The molecule has 0 saturated carbocycles. The van der Waals surface area contributed by atoms with Crippen molar-refractivity contribution in [2.24, 2.45) is 0 Å². The maximum Gasteiger partial charge on any atom is 0.0438 e. The molecular formula is C9H9ClN. The molecule has 1 rings (SSSR count). The first kappa shape index (κ1) is 8.15. The molecule has 0 atom stereocenters. The molecule has 1 aromatic carbocycles. The molecule has 0 unspecified atom stereocenters. The highest BCUT2D eigenvalue weighted by Gasteiger charge is 1.89. The summed E-state index contributed by atoms with van der Waals surface area (Å²) < 4.78 is 0. The largest absolute Gasteiger partial charge is 0.381 e. The summed E-state index contributed by atoms with van der Waals surface area (Å²) in [5, 5.41) is 3.79. The van der Waals surface area contributed by atoms with Crippen molar-refractivity contribution in [3.8, 4) is 0 Å². The van der Waals surface area contributed by atoms with Crippen LogP contribution in [0.2, 0.25) is 5.02 Å². The average molecular weight is 167 g/mol. The van der Waals surface area contributed by atoms with Gasteiger partial charge in [0, 0.05) is 23.3 Å².